The summed E-state index contributed by atoms with van der Waals surface area (Å²) in [7, 11) is 1.59. The Morgan fingerprint density at radius 3 is 2.55 bits per heavy atom. The van der Waals surface area contributed by atoms with Gasteiger partial charge in [0, 0.05) is 36.3 Å². The number of aromatic nitrogens is 1. The number of nitrogens with one attached hydrogen (secondary N) is 1. The predicted molar refractivity (Wildman–Crippen MR) is 124 cm³/mol. The molecule has 0 saturated carbocycles. The number of hydrogen-bond donors (Lipinski definition) is 2. The Morgan fingerprint density at radius 1 is 1.18 bits per heavy atom. The number of rotatable bonds is 9. The third-order valence-electron chi connectivity index (χ3n) is 5.59. The number of carbonyl (C=O) groups excluding carboxylic acids is 1. The number of aliphatic hydroxyl groups excluding tert-OH is 1. The van der Waals surface area contributed by atoms with Gasteiger partial charge in [0.25, 0.3) is 5.91 Å². The predicted octanol–water partition coefficient (Wildman–Crippen LogP) is 3.39. The molecule has 172 valence electrons. The van der Waals surface area contributed by atoms with Gasteiger partial charge in [-0.2, -0.15) is 4.91 Å². The topological polar surface area (TPSA) is 101 Å². The lowest BCUT2D eigenvalue weighted by Crippen LogP contribution is -2.33. The molecule has 1 amide bonds. The smallest absolute Gasteiger partial charge is 0.254 e. The molecule has 3 aromatic rings. The number of aliphatic hydroxyl groups is 1. The summed E-state index contributed by atoms with van der Waals surface area (Å²) in [6, 6.07) is 14.2. The van der Waals surface area contributed by atoms with Crippen molar-refractivity contribution in [3.8, 4) is 0 Å². The SMILES string of the molecule is Cn1cc(C(CCN=O)(c2ccc(C(=O)NCCO)c(F)c2)c2ccccc2Cl)ccc1=O. The highest BCUT2D eigenvalue weighted by Crippen LogP contribution is 2.45. The Hall–Kier alpha value is -3.36. The van der Waals surface area contributed by atoms with Crippen molar-refractivity contribution in [3.63, 3.8) is 0 Å². The van der Waals surface area contributed by atoms with Crippen LogP contribution in [0.4, 0.5) is 4.39 Å². The number of hydrogen-bond acceptors (Lipinski definition) is 5. The first-order valence-corrected chi connectivity index (χ1v) is 10.6. The molecule has 9 heteroatoms. The second-order valence-corrected chi connectivity index (χ2v) is 7.94. The highest BCUT2D eigenvalue weighted by atomic mass is 35.5. The van der Waals surface area contributed by atoms with Gasteiger partial charge in [-0.15, -0.1) is 0 Å². The Kier molecular flexibility index (Phi) is 7.73. The molecule has 7 nitrogen and oxygen atoms in total. The summed E-state index contributed by atoms with van der Waals surface area (Å²) in [5, 5.41) is 14.7. The fraction of sp³-hybridized carbons (Fsp3) is 0.250. The number of pyridine rings is 1. The zero-order valence-electron chi connectivity index (χ0n) is 17.9. The monoisotopic (exact) mass is 471 g/mol. The van der Waals surface area contributed by atoms with Gasteiger partial charge in [-0.1, -0.05) is 47.1 Å². The lowest BCUT2D eigenvalue weighted by Gasteiger charge is -2.36. The number of nitrogens with zero attached hydrogens (tertiary/aromatic N) is 2. The standard InChI is InChI=1S/C24H23ClFN3O4/c1-29-15-17(7-9-22(29)31)24(10-11-28-33,19-4-2-3-5-20(19)25)16-6-8-18(21(26)14-16)23(32)27-12-13-30/h2-9,14-15,30H,10-13H2,1H3,(H,27,32). The molecule has 0 aliphatic rings. The first-order chi connectivity index (χ1) is 15.8. The van der Waals surface area contributed by atoms with Gasteiger partial charge in [-0.05, 0) is 41.3 Å². The zero-order valence-corrected chi connectivity index (χ0v) is 18.7. The van der Waals surface area contributed by atoms with Crippen LogP contribution in [0.3, 0.4) is 0 Å². The van der Waals surface area contributed by atoms with Crippen molar-refractivity contribution in [1.29, 1.82) is 0 Å². The van der Waals surface area contributed by atoms with Gasteiger partial charge >= 0.3 is 0 Å². The van der Waals surface area contributed by atoms with E-state index in [4.69, 9.17) is 16.7 Å². The molecule has 0 aliphatic carbocycles. The van der Waals surface area contributed by atoms with E-state index in [1.54, 1.807) is 49.6 Å². The van der Waals surface area contributed by atoms with Crippen LogP contribution in [-0.4, -0.2) is 35.3 Å². The van der Waals surface area contributed by atoms with E-state index in [9.17, 15) is 14.5 Å². The highest BCUT2D eigenvalue weighted by Gasteiger charge is 2.39. The number of amides is 1. The Labute approximate surface area is 194 Å². The minimum absolute atomic E-state index is 0.00731. The molecule has 1 aromatic heterocycles. The van der Waals surface area contributed by atoms with Crippen LogP contribution in [0.25, 0.3) is 0 Å². The maximum Gasteiger partial charge on any atom is 0.254 e. The van der Waals surface area contributed by atoms with E-state index in [2.05, 4.69) is 10.5 Å². The maximum absolute atomic E-state index is 15.2. The molecule has 1 unspecified atom stereocenters. The average Bonchev–Trinajstić information content (AvgIpc) is 2.81. The van der Waals surface area contributed by atoms with Gasteiger partial charge in [0.2, 0.25) is 5.56 Å². The van der Waals surface area contributed by atoms with Crippen molar-refractivity contribution in [1.82, 2.24) is 9.88 Å². The van der Waals surface area contributed by atoms with Crippen LogP contribution < -0.4 is 10.9 Å². The van der Waals surface area contributed by atoms with Gasteiger partial charge in [-0.25, -0.2) is 4.39 Å². The third-order valence-corrected chi connectivity index (χ3v) is 5.92. The van der Waals surface area contributed by atoms with Gasteiger partial charge in [0.15, 0.2) is 0 Å². The lowest BCUT2D eigenvalue weighted by molar-refractivity contribution is 0.0940. The van der Waals surface area contributed by atoms with Crippen molar-refractivity contribution in [2.75, 3.05) is 19.7 Å². The second-order valence-electron chi connectivity index (χ2n) is 7.53. The van der Waals surface area contributed by atoms with Crippen molar-refractivity contribution >= 4 is 17.5 Å². The number of aryl methyl sites for hydroxylation is 1. The number of halogens is 2. The van der Waals surface area contributed by atoms with Crippen LogP contribution in [0.5, 0.6) is 0 Å². The molecule has 1 atom stereocenters. The summed E-state index contributed by atoms with van der Waals surface area (Å²) < 4.78 is 16.6. The fourth-order valence-corrected chi connectivity index (χ4v) is 4.29. The average molecular weight is 472 g/mol. The summed E-state index contributed by atoms with van der Waals surface area (Å²) in [5.74, 6) is -1.43. The molecule has 0 spiro atoms. The van der Waals surface area contributed by atoms with Crippen LogP contribution in [0.1, 0.15) is 33.5 Å². The molecule has 1 heterocycles. The summed E-state index contributed by atoms with van der Waals surface area (Å²) in [4.78, 5) is 35.5. The first-order valence-electron chi connectivity index (χ1n) is 10.3. The van der Waals surface area contributed by atoms with E-state index in [1.807, 2.05) is 0 Å². The molecular weight excluding hydrogens is 449 g/mol. The van der Waals surface area contributed by atoms with Crippen LogP contribution in [-0.2, 0) is 12.5 Å². The summed E-state index contributed by atoms with van der Waals surface area (Å²) in [6.07, 6.45) is 1.77. The van der Waals surface area contributed by atoms with Gasteiger partial charge in [0.05, 0.1) is 18.7 Å². The van der Waals surface area contributed by atoms with Crippen LogP contribution in [0, 0.1) is 10.7 Å². The largest absolute Gasteiger partial charge is 0.395 e. The number of nitroso groups, excluding NO2 is 1. The molecular formula is C24H23ClFN3O4. The minimum Gasteiger partial charge on any atom is -0.395 e. The molecule has 0 radical (unpaired) electrons. The second kappa shape index (κ2) is 10.5. The maximum atomic E-state index is 15.2. The van der Waals surface area contributed by atoms with E-state index < -0.39 is 17.1 Å². The zero-order chi connectivity index (χ0) is 24.0. The Morgan fingerprint density at radius 2 is 1.91 bits per heavy atom. The van der Waals surface area contributed by atoms with Gasteiger partial charge in [0.1, 0.15) is 5.82 Å². The van der Waals surface area contributed by atoms with Crippen molar-refractivity contribution in [2.24, 2.45) is 12.2 Å². The van der Waals surface area contributed by atoms with Crippen LogP contribution >= 0.6 is 11.6 Å². The first kappa shape index (κ1) is 24.3. The number of carbonyl (C=O) groups is 1. The molecule has 0 saturated heterocycles. The summed E-state index contributed by atoms with van der Waals surface area (Å²) in [6.45, 7) is -0.381. The Balaban J connectivity index is 2.30. The molecule has 33 heavy (non-hydrogen) atoms. The fourth-order valence-electron chi connectivity index (χ4n) is 4.00. The van der Waals surface area contributed by atoms with E-state index >= 15 is 4.39 Å². The molecule has 2 aromatic carbocycles. The molecule has 0 fully saturated rings. The van der Waals surface area contributed by atoms with E-state index in [1.165, 1.54) is 22.8 Å². The normalized spacial score (nSPS) is 12.7. The van der Waals surface area contributed by atoms with Gasteiger partial charge in [-0.3, -0.25) is 9.59 Å². The molecule has 3 rings (SSSR count). The van der Waals surface area contributed by atoms with Crippen LogP contribution in [0.2, 0.25) is 5.02 Å². The van der Waals surface area contributed by atoms with Crippen molar-refractivity contribution in [2.45, 2.75) is 11.8 Å². The van der Waals surface area contributed by atoms with Crippen molar-refractivity contribution in [3.05, 3.63) is 109 Å². The molecule has 2 N–H and O–H groups in total. The Bertz CT molecular complexity index is 1230. The van der Waals surface area contributed by atoms with E-state index in [0.29, 0.717) is 21.7 Å². The van der Waals surface area contributed by atoms with Crippen LogP contribution in [0.15, 0.2) is 70.8 Å². The molecule has 0 bridgehead atoms. The summed E-state index contributed by atoms with van der Waals surface area (Å²) in [5.41, 5.74) is 0.105. The van der Waals surface area contributed by atoms with E-state index in [-0.39, 0.29) is 37.2 Å². The van der Waals surface area contributed by atoms with Crippen molar-refractivity contribution < 1.29 is 14.3 Å². The minimum atomic E-state index is -1.13. The van der Waals surface area contributed by atoms with Gasteiger partial charge < -0.3 is 15.0 Å². The van der Waals surface area contributed by atoms with E-state index in [0.717, 1.165) is 0 Å². The lowest BCUT2D eigenvalue weighted by atomic mass is 9.67. The highest BCUT2D eigenvalue weighted by molar-refractivity contribution is 6.31. The molecule has 0 aliphatic heterocycles. The quantitative estimate of drug-likeness (QED) is 0.467. The number of benzene rings is 2. The summed E-state index contributed by atoms with van der Waals surface area (Å²) >= 11 is 6.58. The third kappa shape index (κ3) is 4.86.